The van der Waals surface area contributed by atoms with Gasteiger partial charge in [-0.05, 0) is 64.9 Å². The van der Waals surface area contributed by atoms with Gasteiger partial charge < -0.3 is 15.4 Å². The van der Waals surface area contributed by atoms with Crippen molar-refractivity contribution in [1.82, 2.24) is 20.4 Å². The molecule has 2 amide bonds. The van der Waals surface area contributed by atoms with Crippen LogP contribution in [0, 0.1) is 0 Å². The smallest absolute Gasteiger partial charge is 0.271 e. The molecule has 0 fully saturated rings. The first kappa shape index (κ1) is 34.6. The summed E-state index contributed by atoms with van der Waals surface area (Å²) in [5, 5.41) is 9.87. The van der Waals surface area contributed by atoms with Crippen LogP contribution in [0.25, 0.3) is 0 Å². The molecule has 0 spiro atoms. The lowest BCUT2D eigenvalue weighted by atomic mass is 10.2. The average Bonchev–Trinajstić information content (AvgIpc) is 3.45. The number of carbonyl (C=O) groups excluding carboxylic acids is 2. The molecule has 0 atom stereocenters. The Hall–Kier alpha value is -3.45. The van der Waals surface area contributed by atoms with E-state index in [-0.39, 0.29) is 17.9 Å². The largest absolute Gasteiger partial charge is 0.378 e. The molecule has 1 aromatic heterocycles. The lowest BCUT2D eigenvalue weighted by Gasteiger charge is -2.07. The zero-order valence-electron chi connectivity index (χ0n) is 24.8. The van der Waals surface area contributed by atoms with E-state index < -0.39 is 0 Å². The predicted molar refractivity (Wildman–Crippen MR) is 166 cm³/mol. The molecule has 40 heavy (non-hydrogen) atoms. The molecule has 0 aromatic carbocycles. The van der Waals surface area contributed by atoms with E-state index in [0.717, 1.165) is 44.9 Å². The quantitative estimate of drug-likeness (QED) is 0.123. The predicted octanol–water partition coefficient (Wildman–Crippen LogP) is 6.80. The third-order valence-electron chi connectivity index (χ3n) is 5.61. The average molecular weight is 551 g/mol. The Morgan fingerprint density at radius 1 is 0.800 bits per heavy atom. The Bertz CT molecular complexity index is 984. The first-order valence-corrected chi connectivity index (χ1v) is 14.6. The van der Waals surface area contributed by atoms with Crippen LogP contribution in [0.1, 0.15) is 88.7 Å². The van der Waals surface area contributed by atoms with E-state index in [1.54, 1.807) is 16.9 Å². The second kappa shape index (κ2) is 24.6. The molecule has 0 radical (unpaired) electrons. The number of nitrogens with zero attached hydrogens (tertiary/aromatic N) is 2. The van der Waals surface area contributed by atoms with Crippen molar-refractivity contribution in [3.05, 3.63) is 90.9 Å². The summed E-state index contributed by atoms with van der Waals surface area (Å²) >= 11 is 0. The van der Waals surface area contributed by atoms with Crippen LogP contribution in [0.3, 0.4) is 0 Å². The van der Waals surface area contributed by atoms with Crippen LogP contribution in [0.5, 0.6) is 0 Å². The zero-order valence-corrected chi connectivity index (χ0v) is 24.8. The lowest BCUT2D eigenvalue weighted by Crippen LogP contribution is -2.30. The van der Waals surface area contributed by atoms with Crippen LogP contribution in [-0.4, -0.2) is 47.9 Å². The van der Waals surface area contributed by atoms with E-state index in [1.165, 1.54) is 0 Å². The Morgan fingerprint density at radius 2 is 1.30 bits per heavy atom. The van der Waals surface area contributed by atoms with Gasteiger partial charge in [-0.2, -0.15) is 5.10 Å². The van der Waals surface area contributed by atoms with E-state index >= 15 is 0 Å². The molecule has 1 rings (SSSR count). The summed E-state index contributed by atoms with van der Waals surface area (Å²) in [6, 6.07) is 1.91. The Labute approximate surface area is 241 Å². The fraction of sp³-hybridized carbons (Fsp3) is 0.485. The van der Waals surface area contributed by atoms with Gasteiger partial charge in [0.25, 0.3) is 5.91 Å². The molecular formula is C33H50N4O3. The third kappa shape index (κ3) is 19.6. The zero-order chi connectivity index (χ0) is 29.1. The molecule has 0 aliphatic heterocycles. The number of ether oxygens (including phenoxy) is 1. The number of hydrogen-bond donors (Lipinski definition) is 2. The molecule has 0 bridgehead atoms. The Kier molecular flexibility index (Phi) is 21.2. The number of amides is 2. The van der Waals surface area contributed by atoms with Gasteiger partial charge in [-0.25, -0.2) is 0 Å². The van der Waals surface area contributed by atoms with Gasteiger partial charge in [-0.15, -0.1) is 0 Å². The fourth-order valence-electron chi connectivity index (χ4n) is 3.38. The molecule has 0 aliphatic carbocycles. The van der Waals surface area contributed by atoms with Crippen molar-refractivity contribution in [2.45, 2.75) is 78.2 Å². The van der Waals surface area contributed by atoms with Gasteiger partial charge in [-0.1, -0.05) is 79.8 Å². The van der Waals surface area contributed by atoms with Gasteiger partial charge in [0.15, 0.2) is 0 Å². The third-order valence-corrected chi connectivity index (χ3v) is 5.61. The maximum atomic E-state index is 12.0. The van der Waals surface area contributed by atoms with Gasteiger partial charge in [0.05, 0.1) is 13.2 Å². The molecule has 220 valence electrons. The second-order valence-electron chi connectivity index (χ2n) is 9.45. The van der Waals surface area contributed by atoms with E-state index in [1.807, 2.05) is 19.9 Å². The summed E-state index contributed by atoms with van der Waals surface area (Å²) in [6.45, 7) is 7.80. The number of carbonyl (C=O) groups is 2. The number of rotatable bonds is 22. The first-order chi connectivity index (χ1) is 19.5. The van der Waals surface area contributed by atoms with Crippen LogP contribution >= 0.6 is 0 Å². The fourth-order valence-corrected chi connectivity index (χ4v) is 3.38. The van der Waals surface area contributed by atoms with Crippen molar-refractivity contribution >= 4 is 11.8 Å². The van der Waals surface area contributed by atoms with Crippen LogP contribution in [0.4, 0.5) is 0 Å². The first-order valence-electron chi connectivity index (χ1n) is 14.6. The van der Waals surface area contributed by atoms with E-state index in [2.05, 4.69) is 89.5 Å². The monoisotopic (exact) mass is 550 g/mol. The topological polar surface area (TPSA) is 85.3 Å². The molecular weight excluding hydrogens is 500 g/mol. The van der Waals surface area contributed by atoms with Gasteiger partial charge in [-0.3, -0.25) is 14.3 Å². The molecule has 2 N–H and O–H groups in total. The van der Waals surface area contributed by atoms with Gasteiger partial charge in [0.2, 0.25) is 5.91 Å². The second-order valence-corrected chi connectivity index (χ2v) is 9.45. The Balaban J connectivity index is 1.94. The number of aromatic nitrogens is 2. The molecule has 0 aliphatic rings. The van der Waals surface area contributed by atoms with Crippen LogP contribution in [0.2, 0.25) is 0 Å². The summed E-state index contributed by atoms with van der Waals surface area (Å²) in [5.41, 5.74) is 0.396. The summed E-state index contributed by atoms with van der Waals surface area (Å²) in [4.78, 5) is 24.0. The molecule has 1 aromatic rings. The van der Waals surface area contributed by atoms with Gasteiger partial charge in [0, 0.05) is 31.7 Å². The van der Waals surface area contributed by atoms with Crippen molar-refractivity contribution in [2.24, 2.45) is 0 Å². The highest BCUT2D eigenvalue weighted by Gasteiger charge is 2.09. The normalized spacial score (nSPS) is 12.5. The van der Waals surface area contributed by atoms with Crippen molar-refractivity contribution in [3.63, 3.8) is 0 Å². The molecule has 1 heterocycles. The maximum absolute atomic E-state index is 12.0. The minimum Gasteiger partial charge on any atom is -0.378 e. The van der Waals surface area contributed by atoms with Crippen LogP contribution < -0.4 is 10.6 Å². The van der Waals surface area contributed by atoms with E-state index in [4.69, 9.17) is 4.74 Å². The van der Waals surface area contributed by atoms with Crippen molar-refractivity contribution < 1.29 is 14.3 Å². The maximum Gasteiger partial charge on any atom is 0.271 e. The highest BCUT2D eigenvalue weighted by Crippen LogP contribution is 2.04. The van der Waals surface area contributed by atoms with Crippen molar-refractivity contribution in [3.8, 4) is 0 Å². The number of hydrogen-bond acceptors (Lipinski definition) is 4. The van der Waals surface area contributed by atoms with Crippen molar-refractivity contribution in [1.29, 1.82) is 0 Å². The molecule has 7 nitrogen and oxygen atoms in total. The Morgan fingerprint density at radius 3 is 1.80 bits per heavy atom. The standard InChI is InChI=1S/C33H50N4O3/c1-4-5-6-7-8-9-10-11-12-13-14-15-16-17-18-19-20-21-22-23-32(38)34-25-28-40-29-26-35-33(39)31-24-27-37(36-31)30(2)3/h5-6,8-9,11-12,14-15,17-18,20-21,24,27,30H,4,7,10,13,16,19,22-23,25-26,28-29H2,1-3H3,(H,34,38)(H,35,39)/b6-5-,9-8-,12-11-,15-14-,18-17-,21-20-. The van der Waals surface area contributed by atoms with Gasteiger partial charge in [0.1, 0.15) is 5.69 Å². The summed E-state index contributed by atoms with van der Waals surface area (Å²) < 4.78 is 7.22. The summed E-state index contributed by atoms with van der Waals surface area (Å²) in [5.74, 6) is -0.206. The lowest BCUT2D eigenvalue weighted by molar-refractivity contribution is -0.121. The minimum atomic E-state index is -0.217. The molecule has 7 heteroatoms. The number of nitrogens with one attached hydrogen (secondary N) is 2. The van der Waals surface area contributed by atoms with Crippen LogP contribution in [0.15, 0.2) is 85.2 Å². The molecule has 0 saturated carbocycles. The molecule has 0 saturated heterocycles. The highest BCUT2D eigenvalue weighted by atomic mass is 16.5. The summed E-state index contributed by atoms with van der Waals surface area (Å²) in [6.07, 6.45) is 34.9. The summed E-state index contributed by atoms with van der Waals surface area (Å²) in [7, 11) is 0. The number of allylic oxidation sites excluding steroid dienone is 12. The van der Waals surface area contributed by atoms with Gasteiger partial charge >= 0.3 is 0 Å². The van der Waals surface area contributed by atoms with E-state index in [0.29, 0.717) is 38.4 Å². The highest BCUT2D eigenvalue weighted by molar-refractivity contribution is 5.92. The van der Waals surface area contributed by atoms with E-state index in [9.17, 15) is 9.59 Å². The SMILES string of the molecule is CC/C=C\C/C=C\C/C=C\C/C=C\C/C=C\C/C=C\CCC(=O)NCCOCCNC(=O)c1ccn(C(C)C)n1. The van der Waals surface area contributed by atoms with Crippen LogP contribution in [-0.2, 0) is 9.53 Å². The van der Waals surface area contributed by atoms with Crippen molar-refractivity contribution in [2.75, 3.05) is 26.3 Å². The minimum absolute atomic E-state index is 0.0113. The molecule has 0 unspecified atom stereocenters.